The molecule has 112 valence electrons. The molecule has 0 atom stereocenters. The molecule has 0 unspecified atom stereocenters. The Hall–Kier alpha value is -2.37. The second-order valence-corrected chi connectivity index (χ2v) is 4.91. The fraction of sp³-hybridized carbons (Fsp3) is 0.400. The number of carbonyl (C=O) groups is 3. The molecule has 6 nitrogen and oxygen atoms in total. The van der Waals surface area contributed by atoms with Gasteiger partial charge in [-0.15, -0.1) is 0 Å². The quantitative estimate of drug-likeness (QED) is 0.776. The van der Waals surface area contributed by atoms with E-state index in [9.17, 15) is 14.4 Å². The van der Waals surface area contributed by atoms with Crippen molar-refractivity contribution < 1.29 is 19.1 Å². The van der Waals surface area contributed by atoms with E-state index in [1.807, 2.05) is 0 Å². The number of carbonyl (C=O) groups excluding carboxylic acids is 3. The van der Waals surface area contributed by atoms with Gasteiger partial charge in [0.25, 0.3) is 0 Å². The summed E-state index contributed by atoms with van der Waals surface area (Å²) >= 11 is 0. The second kappa shape index (κ2) is 6.39. The predicted molar refractivity (Wildman–Crippen MR) is 77.0 cm³/mol. The third-order valence-electron chi connectivity index (χ3n) is 3.47. The van der Waals surface area contributed by atoms with E-state index >= 15 is 0 Å². The van der Waals surface area contributed by atoms with E-state index < -0.39 is 5.97 Å². The number of benzene rings is 1. The first-order chi connectivity index (χ1) is 10.0. The van der Waals surface area contributed by atoms with Gasteiger partial charge in [0.2, 0.25) is 11.8 Å². The highest BCUT2D eigenvalue weighted by Gasteiger charge is 2.27. The van der Waals surface area contributed by atoms with Gasteiger partial charge in [0.1, 0.15) is 0 Å². The van der Waals surface area contributed by atoms with Crippen LogP contribution in [0.25, 0.3) is 0 Å². The summed E-state index contributed by atoms with van der Waals surface area (Å²) in [6.45, 7) is 0.518. The monoisotopic (exact) mass is 290 g/mol. The summed E-state index contributed by atoms with van der Waals surface area (Å²) in [5.41, 5.74) is 0.993. The smallest absolute Gasteiger partial charge is 0.339 e. The largest absolute Gasteiger partial charge is 0.465 e. The van der Waals surface area contributed by atoms with Crippen molar-refractivity contribution in [2.24, 2.45) is 0 Å². The Morgan fingerprint density at radius 3 is 2.67 bits per heavy atom. The van der Waals surface area contributed by atoms with E-state index in [1.54, 1.807) is 36.2 Å². The topological polar surface area (TPSA) is 66.9 Å². The van der Waals surface area contributed by atoms with Crippen molar-refractivity contribution in [3.05, 3.63) is 29.8 Å². The Balaban J connectivity index is 2.13. The number of hydrogen-bond donors (Lipinski definition) is 0. The SMILES string of the molecule is COC(=O)c1ccccc1N(C)CC(=O)N1CCCC1=O. The number of amides is 2. The predicted octanol–water partition coefficient (Wildman–Crippen LogP) is 1.06. The van der Waals surface area contributed by atoms with Crippen LogP contribution in [0, 0.1) is 0 Å². The molecule has 1 aromatic rings. The number of likely N-dealkylation sites (N-methyl/N-ethyl adjacent to an activating group) is 1. The molecular weight excluding hydrogens is 272 g/mol. The van der Waals surface area contributed by atoms with E-state index in [2.05, 4.69) is 0 Å². The molecule has 1 fully saturated rings. The van der Waals surface area contributed by atoms with Crippen LogP contribution in [0.5, 0.6) is 0 Å². The third-order valence-corrected chi connectivity index (χ3v) is 3.47. The summed E-state index contributed by atoms with van der Waals surface area (Å²) in [6.07, 6.45) is 1.14. The number of rotatable bonds is 4. The number of imide groups is 1. The van der Waals surface area contributed by atoms with Gasteiger partial charge in [-0.05, 0) is 18.6 Å². The van der Waals surface area contributed by atoms with Gasteiger partial charge in [0.05, 0.1) is 24.9 Å². The van der Waals surface area contributed by atoms with E-state index in [0.717, 1.165) is 0 Å². The Kier molecular flexibility index (Phi) is 4.57. The summed E-state index contributed by atoms with van der Waals surface area (Å²) in [4.78, 5) is 38.4. The van der Waals surface area contributed by atoms with Crippen LogP contribution in [0.4, 0.5) is 5.69 Å². The molecule has 0 radical (unpaired) electrons. The highest BCUT2D eigenvalue weighted by atomic mass is 16.5. The van der Waals surface area contributed by atoms with Gasteiger partial charge in [-0.25, -0.2) is 4.79 Å². The van der Waals surface area contributed by atoms with Crippen LogP contribution >= 0.6 is 0 Å². The lowest BCUT2D eigenvalue weighted by Crippen LogP contribution is -2.40. The molecule has 0 spiro atoms. The first kappa shape index (κ1) is 15.0. The van der Waals surface area contributed by atoms with Gasteiger partial charge >= 0.3 is 5.97 Å². The summed E-state index contributed by atoms with van der Waals surface area (Å²) < 4.78 is 4.73. The minimum Gasteiger partial charge on any atom is -0.465 e. The molecule has 1 heterocycles. The third kappa shape index (κ3) is 3.21. The zero-order valence-electron chi connectivity index (χ0n) is 12.2. The van der Waals surface area contributed by atoms with E-state index in [-0.39, 0.29) is 18.4 Å². The number of nitrogens with zero attached hydrogens (tertiary/aromatic N) is 2. The molecular formula is C15H18N2O4. The van der Waals surface area contributed by atoms with Crippen molar-refractivity contribution in [1.82, 2.24) is 4.90 Å². The molecule has 21 heavy (non-hydrogen) atoms. The van der Waals surface area contributed by atoms with E-state index in [4.69, 9.17) is 4.74 Å². The molecule has 0 bridgehead atoms. The van der Waals surface area contributed by atoms with Gasteiger partial charge in [0, 0.05) is 20.0 Å². The maximum Gasteiger partial charge on any atom is 0.339 e. The summed E-state index contributed by atoms with van der Waals surface area (Å²) in [5, 5.41) is 0. The number of likely N-dealkylation sites (tertiary alicyclic amines) is 1. The molecule has 1 aliphatic heterocycles. The molecule has 6 heteroatoms. The molecule has 0 aromatic heterocycles. The summed E-state index contributed by atoms with van der Waals surface area (Å²) in [7, 11) is 3.02. The average molecular weight is 290 g/mol. The van der Waals surface area contributed by atoms with Gasteiger partial charge in [-0.2, -0.15) is 0 Å². The summed E-state index contributed by atoms with van der Waals surface area (Å²) in [5.74, 6) is -0.837. The van der Waals surface area contributed by atoms with Crippen molar-refractivity contribution in [2.45, 2.75) is 12.8 Å². The van der Waals surface area contributed by atoms with Crippen LogP contribution in [0.2, 0.25) is 0 Å². The molecule has 0 saturated carbocycles. The lowest BCUT2D eigenvalue weighted by atomic mass is 10.1. The average Bonchev–Trinajstić information content (AvgIpc) is 2.92. The number of methoxy groups -OCH3 is 1. The Labute approximate surface area is 123 Å². The van der Waals surface area contributed by atoms with Crippen molar-refractivity contribution in [2.75, 3.05) is 32.1 Å². The molecule has 2 amide bonds. The van der Waals surface area contributed by atoms with Crippen molar-refractivity contribution >= 4 is 23.5 Å². The van der Waals surface area contributed by atoms with Gasteiger partial charge in [-0.3, -0.25) is 14.5 Å². The van der Waals surface area contributed by atoms with Crippen molar-refractivity contribution in [3.8, 4) is 0 Å². The van der Waals surface area contributed by atoms with Crippen molar-refractivity contribution in [3.63, 3.8) is 0 Å². The summed E-state index contributed by atoms with van der Waals surface area (Å²) in [6, 6.07) is 6.90. The Bertz CT molecular complexity index is 571. The minimum atomic E-state index is -0.456. The van der Waals surface area contributed by atoms with Crippen LogP contribution in [-0.4, -0.2) is 49.9 Å². The molecule has 2 rings (SSSR count). The van der Waals surface area contributed by atoms with E-state index in [0.29, 0.717) is 30.6 Å². The lowest BCUT2D eigenvalue weighted by molar-refractivity contribution is -0.140. The van der Waals surface area contributed by atoms with Crippen LogP contribution in [0.15, 0.2) is 24.3 Å². The number of hydrogen-bond acceptors (Lipinski definition) is 5. The van der Waals surface area contributed by atoms with Gasteiger partial charge in [0.15, 0.2) is 0 Å². The molecule has 1 saturated heterocycles. The van der Waals surface area contributed by atoms with Crippen LogP contribution in [-0.2, 0) is 14.3 Å². The zero-order chi connectivity index (χ0) is 15.4. The highest BCUT2D eigenvalue weighted by Crippen LogP contribution is 2.20. The van der Waals surface area contributed by atoms with Crippen LogP contribution in [0.1, 0.15) is 23.2 Å². The van der Waals surface area contributed by atoms with Gasteiger partial charge < -0.3 is 9.64 Å². The van der Waals surface area contributed by atoms with E-state index in [1.165, 1.54) is 12.0 Å². The highest BCUT2D eigenvalue weighted by molar-refractivity contribution is 6.00. The maximum absolute atomic E-state index is 12.1. The number of esters is 1. The maximum atomic E-state index is 12.1. The molecule has 1 aromatic carbocycles. The number of anilines is 1. The van der Waals surface area contributed by atoms with Gasteiger partial charge in [-0.1, -0.05) is 12.1 Å². The Morgan fingerprint density at radius 1 is 1.33 bits per heavy atom. The zero-order valence-corrected chi connectivity index (χ0v) is 12.2. The minimum absolute atomic E-state index is 0.0414. The Morgan fingerprint density at radius 2 is 2.05 bits per heavy atom. The first-order valence-corrected chi connectivity index (χ1v) is 6.76. The standard InChI is InChI=1S/C15H18N2O4/c1-16(10-14(19)17-9-5-8-13(17)18)12-7-4-3-6-11(12)15(20)21-2/h3-4,6-7H,5,8-10H2,1-2H3. The van der Waals surface area contributed by atoms with Crippen LogP contribution < -0.4 is 4.90 Å². The second-order valence-electron chi connectivity index (χ2n) is 4.91. The first-order valence-electron chi connectivity index (χ1n) is 6.76. The fourth-order valence-corrected chi connectivity index (χ4v) is 2.37. The van der Waals surface area contributed by atoms with Crippen LogP contribution in [0.3, 0.4) is 0 Å². The molecule has 1 aliphatic rings. The molecule has 0 N–H and O–H groups in total. The molecule has 0 aliphatic carbocycles. The lowest BCUT2D eigenvalue weighted by Gasteiger charge is -2.23. The number of para-hydroxylation sites is 1. The number of ether oxygens (including phenoxy) is 1. The normalized spacial score (nSPS) is 14.2. The fourth-order valence-electron chi connectivity index (χ4n) is 2.37. The van der Waals surface area contributed by atoms with Crippen molar-refractivity contribution in [1.29, 1.82) is 0 Å².